The number of para-hydroxylation sites is 3. The highest BCUT2D eigenvalue weighted by Crippen LogP contribution is 2.51. The van der Waals surface area contributed by atoms with Crippen LogP contribution >= 0.6 is 0 Å². The van der Waals surface area contributed by atoms with Gasteiger partial charge < -0.3 is 14.4 Å². The monoisotopic (exact) mass is 709 g/mol. The Morgan fingerprint density at radius 3 is 1.70 bits per heavy atom. The number of rotatable bonds is 4. The van der Waals surface area contributed by atoms with E-state index in [0.29, 0.717) is 0 Å². The molecule has 0 spiro atoms. The van der Waals surface area contributed by atoms with E-state index in [1.54, 1.807) is 0 Å². The summed E-state index contributed by atoms with van der Waals surface area (Å²) >= 11 is 0. The fraction of sp³-hybridized carbons (Fsp3) is 0.0800. The summed E-state index contributed by atoms with van der Waals surface area (Å²) in [6, 6.07) is 64.1. The van der Waals surface area contributed by atoms with Crippen molar-refractivity contribution in [3.8, 4) is 5.69 Å². The van der Waals surface area contributed by atoms with Crippen LogP contribution in [0.15, 0.2) is 194 Å². The normalized spacial score (nSPS) is 19.1. The molecule has 2 unspecified atom stereocenters. The molecule has 0 fully saturated rings. The van der Waals surface area contributed by atoms with Gasteiger partial charge in [0.1, 0.15) is 0 Å². The third kappa shape index (κ3) is 4.12. The molecular weight excluding hydrogens is 671 g/mol. The van der Waals surface area contributed by atoms with Gasteiger partial charge in [0.2, 0.25) is 0 Å². The van der Waals surface area contributed by atoms with E-state index in [-0.39, 0.29) is 11.5 Å². The Kier molecular flexibility index (Phi) is 6.68. The molecule has 0 saturated heterocycles. The highest BCUT2D eigenvalue weighted by molar-refractivity contribution is 7.21. The Bertz CT molecular complexity index is 2740. The molecule has 3 aliphatic rings. The predicted octanol–water partition coefficient (Wildman–Crippen LogP) is 9.15. The topological polar surface area (TPSA) is 11.4 Å². The average molecular weight is 710 g/mol. The minimum atomic E-state index is -2.95. The molecule has 2 aliphatic heterocycles. The number of allylic oxidation sites excluding steroid dienone is 2. The number of aromatic nitrogens is 1. The number of fused-ring (bicyclic) bond motifs is 8. The fourth-order valence-corrected chi connectivity index (χ4v) is 15.3. The third-order valence-corrected chi connectivity index (χ3v) is 17.3. The van der Waals surface area contributed by atoms with Crippen LogP contribution in [0.4, 0.5) is 22.7 Å². The van der Waals surface area contributed by atoms with Crippen molar-refractivity contribution in [2.24, 2.45) is 0 Å². The van der Waals surface area contributed by atoms with Crippen LogP contribution in [0.2, 0.25) is 0 Å². The van der Waals surface area contributed by atoms with E-state index in [0.717, 1.165) is 0 Å². The number of hydrogen-bond acceptors (Lipinski definition) is 2. The van der Waals surface area contributed by atoms with Gasteiger partial charge in [0.25, 0.3) is 0 Å². The maximum absolute atomic E-state index is 2.95. The summed E-state index contributed by atoms with van der Waals surface area (Å²) in [7, 11) is -0.694. The highest BCUT2D eigenvalue weighted by Gasteiger charge is 2.50. The van der Waals surface area contributed by atoms with Crippen molar-refractivity contribution in [3.63, 3.8) is 0 Å². The van der Waals surface area contributed by atoms with Crippen LogP contribution < -0.4 is 30.5 Å². The second-order valence-electron chi connectivity index (χ2n) is 15.2. The lowest BCUT2D eigenvalue weighted by Gasteiger charge is -2.45. The van der Waals surface area contributed by atoms with Gasteiger partial charge in [0.05, 0.1) is 17.1 Å². The molecule has 3 nitrogen and oxygen atoms in total. The molecule has 54 heavy (non-hydrogen) atoms. The summed E-state index contributed by atoms with van der Waals surface area (Å²) in [5.74, 6) is 0. The molecule has 11 rings (SSSR count). The van der Waals surface area contributed by atoms with Gasteiger partial charge in [0.15, 0.2) is 8.07 Å². The summed E-state index contributed by atoms with van der Waals surface area (Å²) in [6.07, 6.45) is 9.21. The molecule has 4 heteroatoms. The SMILES string of the molecule is CN1c2ccc(N3c4ccccc4C4(C)C=CC=CC34)cc2[Si](c2ccccc2)(c2ccccc2)c2cc(-n3c4ccccc4c4ccccc43)ccc21. The van der Waals surface area contributed by atoms with Crippen molar-refractivity contribution in [1.82, 2.24) is 4.57 Å². The molecular formula is C50H39N3Si. The molecule has 3 heterocycles. The molecule has 0 bridgehead atoms. The van der Waals surface area contributed by atoms with Crippen LogP contribution in [0.1, 0.15) is 12.5 Å². The van der Waals surface area contributed by atoms with Crippen molar-refractivity contribution >= 4 is 73.4 Å². The molecule has 2 atom stereocenters. The fourth-order valence-electron chi connectivity index (χ4n) is 10.1. The van der Waals surface area contributed by atoms with E-state index in [2.05, 4.69) is 223 Å². The maximum atomic E-state index is 2.59. The van der Waals surface area contributed by atoms with Crippen LogP contribution in [-0.4, -0.2) is 25.7 Å². The first kappa shape index (κ1) is 31.2. The van der Waals surface area contributed by atoms with E-state index in [1.807, 2.05) is 0 Å². The summed E-state index contributed by atoms with van der Waals surface area (Å²) in [5, 5.41) is 8.13. The van der Waals surface area contributed by atoms with Gasteiger partial charge in [-0.15, -0.1) is 0 Å². The van der Waals surface area contributed by atoms with Gasteiger partial charge in [0, 0.05) is 51.7 Å². The first-order valence-electron chi connectivity index (χ1n) is 19.0. The molecule has 0 saturated carbocycles. The Morgan fingerprint density at radius 1 is 0.519 bits per heavy atom. The van der Waals surface area contributed by atoms with Crippen molar-refractivity contribution in [3.05, 3.63) is 200 Å². The Morgan fingerprint density at radius 2 is 1.06 bits per heavy atom. The second-order valence-corrected chi connectivity index (χ2v) is 18.9. The Balaban J connectivity index is 1.23. The third-order valence-electron chi connectivity index (χ3n) is 12.5. The summed E-state index contributed by atoms with van der Waals surface area (Å²) in [6.45, 7) is 2.39. The zero-order valence-electron chi connectivity index (χ0n) is 30.4. The minimum Gasteiger partial charge on any atom is -0.345 e. The maximum Gasteiger partial charge on any atom is 0.184 e. The van der Waals surface area contributed by atoms with Gasteiger partial charge in [-0.05, 0) is 87.8 Å². The number of nitrogens with zero attached hydrogens (tertiary/aromatic N) is 3. The summed E-state index contributed by atoms with van der Waals surface area (Å²) in [4.78, 5) is 5.03. The predicted molar refractivity (Wildman–Crippen MR) is 230 cm³/mol. The lowest BCUT2D eigenvalue weighted by Crippen LogP contribution is -2.77. The van der Waals surface area contributed by atoms with Gasteiger partial charge >= 0.3 is 0 Å². The molecule has 1 aliphatic carbocycles. The second kappa shape index (κ2) is 11.6. The van der Waals surface area contributed by atoms with Crippen molar-refractivity contribution in [1.29, 1.82) is 0 Å². The van der Waals surface area contributed by atoms with Gasteiger partial charge in [-0.25, -0.2) is 0 Å². The van der Waals surface area contributed by atoms with Gasteiger partial charge in [-0.1, -0.05) is 140 Å². The standard InChI is InChI=1S/C50H39N3Si/c1-50-32-16-15-27-49(50)53(44-26-14-11-23-41(44)50)36-29-31-46-48(34-36)54(37-17-5-3-6-18-37,38-19-7-4-8-20-38)47-33-35(28-30-45(47)51(46)2)52-42-24-12-9-21-39(42)40-22-10-13-25-43(40)52/h3-34,49H,1-2H3. The number of benzene rings is 7. The Labute approximate surface area is 317 Å². The zero-order chi connectivity index (χ0) is 36.0. The summed E-state index contributed by atoms with van der Waals surface area (Å²) < 4.78 is 2.47. The number of hydrogen-bond donors (Lipinski definition) is 0. The van der Waals surface area contributed by atoms with E-state index in [9.17, 15) is 0 Å². The number of anilines is 4. The van der Waals surface area contributed by atoms with Crippen molar-refractivity contribution in [2.75, 3.05) is 16.8 Å². The minimum absolute atomic E-state index is 0.116. The van der Waals surface area contributed by atoms with E-state index < -0.39 is 8.07 Å². The quantitative estimate of drug-likeness (QED) is 0.169. The Hall–Kier alpha value is -6.36. The zero-order valence-corrected chi connectivity index (χ0v) is 31.4. The van der Waals surface area contributed by atoms with Crippen LogP contribution in [0.3, 0.4) is 0 Å². The first-order chi connectivity index (χ1) is 26.6. The molecule has 8 aromatic rings. The van der Waals surface area contributed by atoms with Crippen molar-refractivity contribution in [2.45, 2.75) is 18.4 Å². The molecule has 1 aromatic heterocycles. The first-order valence-corrected chi connectivity index (χ1v) is 21.0. The van der Waals surface area contributed by atoms with Gasteiger partial charge in [-0.3, -0.25) is 0 Å². The highest BCUT2D eigenvalue weighted by atomic mass is 28.3. The van der Waals surface area contributed by atoms with E-state index in [1.165, 1.54) is 76.6 Å². The van der Waals surface area contributed by atoms with Crippen LogP contribution in [0.5, 0.6) is 0 Å². The largest absolute Gasteiger partial charge is 0.345 e. The summed E-state index contributed by atoms with van der Waals surface area (Å²) in [5.41, 5.74) is 9.94. The lowest BCUT2D eigenvalue weighted by atomic mass is 9.76. The van der Waals surface area contributed by atoms with E-state index >= 15 is 0 Å². The van der Waals surface area contributed by atoms with E-state index in [4.69, 9.17) is 0 Å². The van der Waals surface area contributed by atoms with Crippen LogP contribution in [-0.2, 0) is 5.41 Å². The lowest BCUT2D eigenvalue weighted by molar-refractivity contribution is 0.551. The molecule has 0 amide bonds. The molecule has 258 valence electrons. The van der Waals surface area contributed by atoms with Crippen LogP contribution in [0.25, 0.3) is 27.5 Å². The van der Waals surface area contributed by atoms with Crippen LogP contribution in [0, 0.1) is 0 Å². The molecule has 0 radical (unpaired) electrons. The van der Waals surface area contributed by atoms with Crippen molar-refractivity contribution < 1.29 is 0 Å². The molecule has 7 aromatic carbocycles. The smallest absolute Gasteiger partial charge is 0.184 e. The van der Waals surface area contributed by atoms with Gasteiger partial charge in [-0.2, -0.15) is 0 Å². The average Bonchev–Trinajstić information content (AvgIpc) is 3.71. The molecule has 0 N–H and O–H groups in total.